The van der Waals surface area contributed by atoms with Crippen LogP contribution in [0.5, 0.6) is 5.75 Å². The number of halogens is 1. The van der Waals surface area contributed by atoms with Gasteiger partial charge in [-0.15, -0.1) is 11.3 Å². The quantitative estimate of drug-likeness (QED) is 0.428. The fourth-order valence-corrected chi connectivity index (χ4v) is 4.56. The number of likely N-dealkylation sites (N-methyl/N-ethyl adjacent to an activating group) is 1. The van der Waals surface area contributed by atoms with Gasteiger partial charge in [0.1, 0.15) is 12.4 Å². The number of thiazole rings is 1. The van der Waals surface area contributed by atoms with Crippen molar-refractivity contribution < 1.29 is 9.53 Å². The topological polar surface area (TPSA) is 54.8 Å². The monoisotopic (exact) mass is 455 g/mol. The van der Waals surface area contributed by atoms with Gasteiger partial charge in [-0.25, -0.2) is 4.98 Å². The zero-order valence-electron chi connectivity index (χ0n) is 16.1. The van der Waals surface area contributed by atoms with E-state index in [-0.39, 0.29) is 5.91 Å². The fraction of sp³-hybridized carbons (Fsp3) is 0.136. The summed E-state index contributed by atoms with van der Waals surface area (Å²) in [5, 5.41) is 3.83. The molecule has 0 aliphatic carbocycles. The second-order valence-electron chi connectivity index (χ2n) is 6.32. The van der Waals surface area contributed by atoms with Crippen LogP contribution in [-0.2, 0) is 11.4 Å². The number of amides is 1. The summed E-state index contributed by atoms with van der Waals surface area (Å²) in [6.07, 6.45) is 3.56. The first-order chi connectivity index (χ1) is 14.6. The fourth-order valence-electron chi connectivity index (χ4n) is 2.84. The number of carbonyl (C=O) groups excluding carboxylic acids is 1. The number of aromatic nitrogens is 1. The Morgan fingerprint density at radius 3 is 2.73 bits per heavy atom. The van der Waals surface area contributed by atoms with E-state index in [1.165, 1.54) is 23.1 Å². The SMILES string of the molecule is CCN1C(=O)/C(=C/c2ccccc2OCc2ccc(Cl)cc2)S/C1=N/c1nccs1. The minimum Gasteiger partial charge on any atom is -0.488 e. The van der Waals surface area contributed by atoms with Crippen molar-refractivity contribution in [1.82, 2.24) is 9.88 Å². The molecule has 0 unspecified atom stereocenters. The molecule has 0 N–H and O–H groups in total. The number of nitrogens with zero attached hydrogens (tertiary/aromatic N) is 3. The number of hydrogen-bond acceptors (Lipinski definition) is 6. The van der Waals surface area contributed by atoms with Crippen LogP contribution in [0, 0.1) is 0 Å². The Morgan fingerprint density at radius 2 is 2.00 bits per heavy atom. The molecule has 5 nitrogen and oxygen atoms in total. The van der Waals surface area contributed by atoms with Crippen molar-refractivity contribution in [3.05, 3.63) is 81.2 Å². The van der Waals surface area contributed by atoms with E-state index in [1.54, 1.807) is 11.1 Å². The second kappa shape index (κ2) is 9.47. The Kier molecular flexibility index (Phi) is 6.52. The van der Waals surface area contributed by atoms with Crippen molar-refractivity contribution in [2.24, 2.45) is 4.99 Å². The molecule has 30 heavy (non-hydrogen) atoms. The summed E-state index contributed by atoms with van der Waals surface area (Å²) < 4.78 is 6.01. The molecule has 1 amide bonds. The highest BCUT2D eigenvalue weighted by Crippen LogP contribution is 2.35. The van der Waals surface area contributed by atoms with Crippen molar-refractivity contribution in [1.29, 1.82) is 0 Å². The lowest BCUT2D eigenvalue weighted by molar-refractivity contribution is -0.122. The van der Waals surface area contributed by atoms with Gasteiger partial charge in [0.05, 0.1) is 4.91 Å². The van der Waals surface area contributed by atoms with E-state index in [4.69, 9.17) is 16.3 Å². The first-order valence-electron chi connectivity index (χ1n) is 9.30. The van der Waals surface area contributed by atoms with Gasteiger partial charge >= 0.3 is 0 Å². The minimum atomic E-state index is -0.0645. The Balaban J connectivity index is 1.57. The summed E-state index contributed by atoms with van der Waals surface area (Å²) in [7, 11) is 0. The lowest BCUT2D eigenvalue weighted by Gasteiger charge is -2.11. The van der Waals surface area contributed by atoms with E-state index in [9.17, 15) is 4.79 Å². The number of amidine groups is 1. The summed E-state index contributed by atoms with van der Waals surface area (Å²) in [5.74, 6) is 0.645. The molecule has 3 aromatic rings. The van der Waals surface area contributed by atoms with Gasteiger partial charge in [0.25, 0.3) is 5.91 Å². The number of benzene rings is 2. The Labute approximate surface area is 188 Å². The van der Waals surface area contributed by atoms with Crippen molar-refractivity contribution in [3.8, 4) is 5.75 Å². The van der Waals surface area contributed by atoms with Crippen LogP contribution in [0.2, 0.25) is 5.02 Å². The van der Waals surface area contributed by atoms with E-state index in [1.807, 2.05) is 66.9 Å². The van der Waals surface area contributed by atoms with E-state index >= 15 is 0 Å². The molecule has 0 atom stereocenters. The van der Waals surface area contributed by atoms with Gasteiger partial charge in [0.2, 0.25) is 5.13 Å². The molecule has 0 saturated carbocycles. The molecule has 1 saturated heterocycles. The second-order valence-corrected chi connectivity index (χ2v) is 8.64. The van der Waals surface area contributed by atoms with Gasteiger partial charge in [0.15, 0.2) is 5.17 Å². The van der Waals surface area contributed by atoms with Crippen LogP contribution in [0.3, 0.4) is 0 Å². The summed E-state index contributed by atoms with van der Waals surface area (Å²) in [4.78, 5) is 23.9. The van der Waals surface area contributed by atoms with E-state index in [2.05, 4.69) is 9.98 Å². The van der Waals surface area contributed by atoms with Gasteiger partial charge in [-0.3, -0.25) is 9.69 Å². The molecule has 0 bridgehead atoms. The van der Waals surface area contributed by atoms with Crippen LogP contribution < -0.4 is 4.74 Å². The van der Waals surface area contributed by atoms with E-state index in [0.717, 1.165) is 11.1 Å². The van der Waals surface area contributed by atoms with Crippen molar-refractivity contribution in [2.75, 3.05) is 6.54 Å². The molecule has 0 spiro atoms. The van der Waals surface area contributed by atoms with Gasteiger partial charge in [-0.2, -0.15) is 4.99 Å². The molecular formula is C22H18ClN3O2S2. The van der Waals surface area contributed by atoms with Crippen LogP contribution in [0.1, 0.15) is 18.1 Å². The highest BCUT2D eigenvalue weighted by Gasteiger charge is 2.32. The van der Waals surface area contributed by atoms with Gasteiger partial charge in [-0.05, 0) is 48.5 Å². The third-order valence-electron chi connectivity index (χ3n) is 4.33. The molecule has 8 heteroatoms. The highest BCUT2D eigenvalue weighted by atomic mass is 35.5. The van der Waals surface area contributed by atoms with Gasteiger partial charge in [0, 0.05) is 28.7 Å². The Bertz CT molecular complexity index is 1100. The summed E-state index contributed by atoms with van der Waals surface area (Å²) in [6, 6.07) is 15.2. The molecule has 2 heterocycles. The molecular weight excluding hydrogens is 438 g/mol. The summed E-state index contributed by atoms with van der Waals surface area (Å²) in [5.41, 5.74) is 1.86. The maximum atomic E-state index is 12.9. The number of ether oxygens (including phenoxy) is 1. The molecule has 1 aliphatic heterocycles. The lowest BCUT2D eigenvalue weighted by atomic mass is 10.1. The number of hydrogen-bond donors (Lipinski definition) is 0. The van der Waals surface area contributed by atoms with Crippen LogP contribution >= 0.6 is 34.7 Å². The van der Waals surface area contributed by atoms with Crippen LogP contribution in [-0.4, -0.2) is 27.5 Å². The largest absolute Gasteiger partial charge is 0.488 e. The number of rotatable bonds is 6. The molecule has 4 rings (SSSR count). The number of aliphatic imine (C=N–C) groups is 1. The molecule has 152 valence electrons. The summed E-state index contributed by atoms with van der Waals surface area (Å²) in [6.45, 7) is 2.89. The zero-order chi connectivity index (χ0) is 20.9. The smallest absolute Gasteiger partial charge is 0.266 e. The number of thioether (sulfide) groups is 1. The molecule has 1 aromatic heterocycles. The summed E-state index contributed by atoms with van der Waals surface area (Å²) >= 11 is 8.74. The molecule has 2 aromatic carbocycles. The standard InChI is InChI=1S/C22H18ClN3O2S2/c1-2-26-20(27)19(30-22(26)25-21-24-11-12-29-21)13-16-5-3-4-6-18(16)28-14-15-7-9-17(23)10-8-15/h3-13H,2,14H2,1H3/b19-13-,25-22+. The first kappa shape index (κ1) is 20.7. The van der Waals surface area contributed by atoms with Gasteiger partial charge in [-0.1, -0.05) is 41.9 Å². The predicted molar refractivity (Wildman–Crippen MR) is 124 cm³/mol. The first-order valence-corrected chi connectivity index (χ1v) is 11.4. The van der Waals surface area contributed by atoms with Crippen LogP contribution in [0.4, 0.5) is 5.13 Å². The van der Waals surface area contributed by atoms with Crippen LogP contribution in [0.25, 0.3) is 6.08 Å². The maximum absolute atomic E-state index is 12.9. The molecule has 1 fully saturated rings. The third-order valence-corrected chi connectivity index (χ3v) is 6.25. The average molecular weight is 456 g/mol. The third kappa shape index (κ3) is 4.75. The Morgan fingerprint density at radius 1 is 1.20 bits per heavy atom. The molecule has 1 aliphatic rings. The zero-order valence-corrected chi connectivity index (χ0v) is 18.5. The Hall–Kier alpha value is -2.61. The maximum Gasteiger partial charge on any atom is 0.266 e. The normalized spacial score (nSPS) is 16.6. The number of para-hydroxylation sites is 1. The predicted octanol–water partition coefficient (Wildman–Crippen LogP) is 6.00. The van der Waals surface area contributed by atoms with Crippen molar-refractivity contribution in [3.63, 3.8) is 0 Å². The highest BCUT2D eigenvalue weighted by molar-refractivity contribution is 8.18. The van der Waals surface area contributed by atoms with E-state index < -0.39 is 0 Å². The van der Waals surface area contributed by atoms with Gasteiger partial charge < -0.3 is 4.74 Å². The lowest BCUT2D eigenvalue weighted by Crippen LogP contribution is -2.28. The van der Waals surface area contributed by atoms with Crippen LogP contribution in [0.15, 0.2) is 70.0 Å². The van der Waals surface area contributed by atoms with E-state index in [0.29, 0.717) is 39.1 Å². The number of carbonyl (C=O) groups is 1. The minimum absolute atomic E-state index is 0.0645. The molecule has 0 radical (unpaired) electrons. The average Bonchev–Trinajstić information content (AvgIpc) is 3.37. The van der Waals surface area contributed by atoms with Crippen molar-refractivity contribution in [2.45, 2.75) is 13.5 Å². The van der Waals surface area contributed by atoms with Crippen molar-refractivity contribution >= 4 is 57.0 Å².